The van der Waals surface area contributed by atoms with Gasteiger partial charge in [-0.1, -0.05) is 52.3 Å². The Kier molecular flexibility index (Phi) is 6.41. The normalized spacial score (nSPS) is 14.5. The van der Waals surface area contributed by atoms with Gasteiger partial charge in [0, 0.05) is 54.3 Å². The van der Waals surface area contributed by atoms with Crippen LogP contribution in [0.2, 0.25) is 0 Å². The summed E-state index contributed by atoms with van der Waals surface area (Å²) in [7, 11) is 0. The molecule has 1 aliphatic heterocycles. The van der Waals surface area contributed by atoms with E-state index in [0.29, 0.717) is 6.54 Å². The Morgan fingerprint density at radius 2 is 1.93 bits per heavy atom. The summed E-state index contributed by atoms with van der Waals surface area (Å²) in [5.41, 5.74) is 2.00. The summed E-state index contributed by atoms with van der Waals surface area (Å²) in [6, 6.07) is 17.8. The first kappa shape index (κ1) is 19.8. The minimum absolute atomic E-state index is 0.0630. The molecule has 150 valence electrons. The second-order valence-corrected chi connectivity index (χ2v) is 8.57. The van der Waals surface area contributed by atoms with E-state index in [9.17, 15) is 4.79 Å². The van der Waals surface area contributed by atoms with E-state index in [0.717, 1.165) is 53.6 Å². The second-order valence-electron chi connectivity index (χ2n) is 6.92. The molecule has 6 nitrogen and oxygen atoms in total. The third kappa shape index (κ3) is 5.33. The van der Waals surface area contributed by atoms with Gasteiger partial charge in [-0.15, -0.1) is 0 Å². The molecule has 0 bridgehead atoms. The van der Waals surface area contributed by atoms with Crippen molar-refractivity contribution in [1.29, 1.82) is 0 Å². The van der Waals surface area contributed by atoms with Gasteiger partial charge in [-0.2, -0.15) is 4.37 Å². The van der Waals surface area contributed by atoms with Crippen LogP contribution in [-0.2, 0) is 6.42 Å². The molecule has 29 heavy (non-hydrogen) atoms. The van der Waals surface area contributed by atoms with Gasteiger partial charge in [-0.3, -0.25) is 0 Å². The van der Waals surface area contributed by atoms with Crippen LogP contribution in [0.3, 0.4) is 0 Å². The number of nitrogens with zero attached hydrogens (tertiary/aromatic N) is 4. The maximum Gasteiger partial charge on any atom is 0.321 e. The van der Waals surface area contributed by atoms with Gasteiger partial charge in [0.2, 0.25) is 5.13 Å². The van der Waals surface area contributed by atoms with E-state index in [1.807, 2.05) is 47.4 Å². The lowest BCUT2D eigenvalue weighted by Gasteiger charge is -2.22. The SMILES string of the molecule is O=C(Nc1cccc(Br)c1)N1CCCN(c2nc(Cc3ccccc3)ns2)CC1. The smallest absolute Gasteiger partial charge is 0.321 e. The monoisotopic (exact) mass is 471 g/mol. The zero-order valence-corrected chi connectivity index (χ0v) is 18.3. The standard InChI is InChI=1S/C21H22BrN5OS/c22-17-8-4-9-18(15-17)23-20(28)26-10-5-11-27(13-12-26)21-24-19(25-29-21)14-16-6-2-1-3-7-16/h1-4,6-9,15H,5,10-14H2,(H,23,28). The molecule has 1 fully saturated rings. The summed E-state index contributed by atoms with van der Waals surface area (Å²) < 4.78 is 5.47. The summed E-state index contributed by atoms with van der Waals surface area (Å²) in [5.74, 6) is 0.852. The van der Waals surface area contributed by atoms with Gasteiger partial charge in [-0.05, 0) is 30.2 Å². The number of halogens is 1. The number of carbonyl (C=O) groups excluding carboxylic acids is 1. The fraction of sp³-hybridized carbons (Fsp3) is 0.286. The molecule has 1 N–H and O–H groups in total. The Bertz CT molecular complexity index is 964. The number of rotatable bonds is 4. The number of aromatic nitrogens is 2. The first-order chi connectivity index (χ1) is 14.2. The molecule has 2 heterocycles. The molecule has 0 radical (unpaired) electrons. The molecule has 1 aromatic heterocycles. The first-order valence-electron chi connectivity index (χ1n) is 9.60. The highest BCUT2D eigenvalue weighted by atomic mass is 79.9. The first-order valence-corrected chi connectivity index (χ1v) is 11.2. The maximum absolute atomic E-state index is 12.6. The molecule has 0 atom stereocenters. The molecular weight excluding hydrogens is 450 g/mol. The van der Waals surface area contributed by atoms with Gasteiger partial charge in [-0.25, -0.2) is 9.78 Å². The van der Waals surface area contributed by atoms with E-state index < -0.39 is 0 Å². The van der Waals surface area contributed by atoms with E-state index in [1.165, 1.54) is 17.1 Å². The average Bonchev–Trinajstić information content (AvgIpc) is 3.03. The van der Waals surface area contributed by atoms with Crippen LogP contribution in [0, 0.1) is 0 Å². The Morgan fingerprint density at radius 1 is 1.07 bits per heavy atom. The highest BCUT2D eigenvalue weighted by molar-refractivity contribution is 9.10. The fourth-order valence-electron chi connectivity index (χ4n) is 3.30. The minimum atomic E-state index is -0.0630. The number of amides is 2. The summed E-state index contributed by atoms with van der Waals surface area (Å²) in [6.45, 7) is 3.02. The Morgan fingerprint density at radius 3 is 2.76 bits per heavy atom. The molecule has 3 aromatic rings. The number of hydrogen-bond acceptors (Lipinski definition) is 5. The van der Waals surface area contributed by atoms with E-state index in [4.69, 9.17) is 4.98 Å². The summed E-state index contributed by atoms with van der Waals surface area (Å²) in [5, 5.41) is 3.91. The topological polar surface area (TPSA) is 61.4 Å². The van der Waals surface area contributed by atoms with Crippen molar-refractivity contribution in [3.8, 4) is 0 Å². The molecule has 1 saturated heterocycles. The number of nitrogens with one attached hydrogen (secondary N) is 1. The van der Waals surface area contributed by atoms with Crippen LogP contribution in [0.25, 0.3) is 0 Å². The van der Waals surface area contributed by atoms with Crippen molar-refractivity contribution in [1.82, 2.24) is 14.3 Å². The maximum atomic E-state index is 12.6. The lowest BCUT2D eigenvalue weighted by Crippen LogP contribution is -2.38. The average molecular weight is 472 g/mol. The third-order valence-electron chi connectivity index (χ3n) is 4.79. The van der Waals surface area contributed by atoms with Crippen LogP contribution in [0.1, 0.15) is 17.8 Å². The summed E-state index contributed by atoms with van der Waals surface area (Å²) >= 11 is 4.87. The van der Waals surface area contributed by atoms with Crippen LogP contribution >= 0.6 is 27.5 Å². The van der Waals surface area contributed by atoms with Crippen LogP contribution in [0.5, 0.6) is 0 Å². The van der Waals surface area contributed by atoms with Crippen molar-refractivity contribution >= 4 is 44.3 Å². The van der Waals surface area contributed by atoms with E-state index >= 15 is 0 Å². The van der Waals surface area contributed by atoms with Crippen LogP contribution in [0.15, 0.2) is 59.1 Å². The molecule has 0 spiro atoms. The van der Waals surface area contributed by atoms with Crippen molar-refractivity contribution in [2.75, 3.05) is 36.4 Å². The van der Waals surface area contributed by atoms with Crippen LogP contribution < -0.4 is 10.2 Å². The van der Waals surface area contributed by atoms with Crippen molar-refractivity contribution in [3.05, 3.63) is 70.5 Å². The van der Waals surface area contributed by atoms with Gasteiger partial charge in [0.05, 0.1) is 0 Å². The van der Waals surface area contributed by atoms with Crippen molar-refractivity contribution in [3.63, 3.8) is 0 Å². The lowest BCUT2D eigenvalue weighted by molar-refractivity contribution is 0.215. The Hall–Kier alpha value is -2.45. The minimum Gasteiger partial charge on any atom is -0.345 e. The van der Waals surface area contributed by atoms with Crippen LogP contribution in [-0.4, -0.2) is 46.5 Å². The predicted octanol–water partition coefficient (Wildman–Crippen LogP) is 4.64. The van der Waals surface area contributed by atoms with Gasteiger partial charge in [0.1, 0.15) is 5.82 Å². The zero-order valence-electron chi connectivity index (χ0n) is 15.9. The number of anilines is 2. The highest BCUT2D eigenvalue weighted by Crippen LogP contribution is 2.21. The summed E-state index contributed by atoms with van der Waals surface area (Å²) in [6.07, 6.45) is 1.64. The lowest BCUT2D eigenvalue weighted by atomic mass is 10.1. The van der Waals surface area contributed by atoms with Crippen molar-refractivity contribution < 1.29 is 4.79 Å². The molecule has 8 heteroatoms. The molecule has 2 aromatic carbocycles. The van der Waals surface area contributed by atoms with Gasteiger partial charge in [0.15, 0.2) is 0 Å². The fourth-order valence-corrected chi connectivity index (χ4v) is 4.44. The second kappa shape index (κ2) is 9.37. The van der Waals surface area contributed by atoms with Crippen molar-refractivity contribution in [2.45, 2.75) is 12.8 Å². The molecule has 1 aliphatic rings. The summed E-state index contributed by atoms with van der Waals surface area (Å²) in [4.78, 5) is 21.5. The molecule has 4 rings (SSSR count). The molecule has 0 saturated carbocycles. The van der Waals surface area contributed by atoms with Gasteiger partial charge in [0.25, 0.3) is 0 Å². The van der Waals surface area contributed by atoms with Gasteiger partial charge >= 0.3 is 6.03 Å². The molecule has 0 aliphatic carbocycles. The predicted molar refractivity (Wildman–Crippen MR) is 121 cm³/mol. The quantitative estimate of drug-likeness (QED) is 0.601. The van der Waals surface area contributed by atoms with Crippen molar-refractivity contribution in [2.24, 2.45) is 0 Å². The van der Waals surface area contributed by atoms with E-state index in [1.54, 1.807) is 0 Å². The largest absolute Gasteiger partial charge is 0.345 e. The highest BCUT2D eigenvalue weighted by Gasteiger charge is 2.21. The van der Waals surface area contributed by atoms with E-state index in [2.05, 4.69) is 42.7 Å². The number of urea groups is 1. The third-order valence-corrected chi connectivity index (χ3v) is 6.10. The van der Waals surface area contributed by atoms with E-state index in [-0.39, 0.29) is 6.03 Å². The Balaban J connectivity index is 1.34. The Labute approximate surface area is 182 Å². The molecule has 0 unspecified atom stereocenters. The number of hydrogen-bond donors (Lipinski definition) is 1. The number of carbonyl (C=O) groups is 1. The zero-order chi connectivity index (χ0) is 20.1. The molecular formula is C21H22BrN5OS. The van der Waals surface area contributed by atoms with Gasteiger partial charge < -0.3 is 15.1 Å². The molecule has 2 amide bonds. The van der Waals surface area contributed by atoms with Crippen LogP contribution in [0.4, 0.5) is 15.6 Å². The number of benzene rings is 2.